The van der Waals surface area contributed by atoms with Gasteiger partial charge in [-0.25, -0.2) is 4.98 Å². The van der Waals surface area contributed by atoms with E-state index in [2.05, 4.69) is 36.3 Å². The van der Waals surface area contributed by atoms with Crippen LogP contribution in [0.4, 0.5) is 5.69 Å². The number of anilines is 1. The number of rotatable bonds is 7. The summed E-state index contributed by atoms with van der Waals surface area (Å²) in [6, 6.07) is 6.02. The van der Waals surface area contributed by atoms with Crippen LogP contribution >= 0.6 is 0 Å². The Labute approximate surface area is 121 Å². The molecule has 0 spiro atoms. The van der Waals surface area contributed by atoms with E-state index in [1.807, 2.05) is 12.1 Å². The van der Waals surface area contributed by atoms with Gasteiger partial charge < -0.3 is 15.2 Å². The molecule has 0 amide bonds. The number of likely N-dealkylation sites (N-methyl/N-ethyl adjacent to an activating group) is 1. The van der Waals surface area contributed by atoms with Crippen LogP contribution in [0.15, 0.2) is 18.2 Å². The second-order valence-electron chi connectivity index (χ2n) is 5.22. The Bertz CT molecular complexity index is 559. The Kier molecular flexibility index (Phi) is 5.01. The number of hydrogen-bond acceptors (Lipinski definition) is 3. The van der Waals surface area contributed by atoms with Gasteiger partial charge in [0.25, 0.3) is 0 Å². The van der Waals surface area contributed by atoms with Crippen LogP contribution in [0.3, 0.4) is 0 Å². The molecule has 0 unspecified atom stereocenters. The minimum Gasteiger partial charge on any atom is -0.399 e. The molecule has 20 heavy (non-hydrogen) atoms. The van der Waals surface area contributed by atoms with Crippen molar-refractivity contribution in [3.05, 3.63) is 24.0 Å². The predicted octanol–water partition coefficient (Wildman–Crippen LogP) is 2.91. The first kappa shape index (κ1) is 14.9. The van der Waals surface area contributed by atoms with Gasteiger partial charge in [-0.3, -0.25) is 0 Å². The quantitative estimate of drug-likeness (QED) is 0.790. The van der Waals surface area contributed by atoms with Crippen molar-refractivity contribution >= 4 is 16.7 Å². The van der Waals surface area contributed by atoms with E-state index in [4.69, 9.17) is 10.7 Å². The Hall–Kier alpha value is -1.55. The van der Waals surface area contributed by atoms with E-state index in [1.54, 1.807) is 0 Å². The van der Waals surface area contributed by atoms with Gasteiger partial charge in [0, 0.05) is 25.2 Å². The molecule has 4 nitrogen and oxygen atoms in total. The average molecular weight is 274 g/mol. The highest BCUT2D eigenvalue weighted by atomic mass is 15.2. The summed E-state index contributed by atoms with van der Waals surface area (Å²) >= 11 is 0. The molecule has 1 aromatic carbocycles. The molecule has 2 rings (SSSR count). The molecule has 0 fully saturated rings. The van der Waals surface area contributed by atoms with E-state index in [1.165, 1.54) is 11.9 Å². The first-order valence-corrected chi connectivity index (χ1v) is 7.66. The van der Waals surface area contributed by atoms with Crippen molar-refractivity contribution in [2.75, 3.05) is 25.4 Å². The maximum atomic E-state index is 5.85. The van der Waals surface area contributed by atoms with Gasteiger partial charge in [0.05, 0.1) is 11.0 Å². The van der Waals surface area contributed by atoms with E-state index in [-0.39, 0.29) is 0 Å². The zero-order chi connectivity index (χ0) is 14.5. The standard InChI is InChI=1S/C16H26N4/c1-4-9-19(6-3)10-11-20-15-8-7-13(17)12-14(15)18-16(20)5-2/h7-8,12H,4-6,9-11,17H2,1-3H3. The van der Waals surface area contributed by atoms with Crippen molar-refractivity contribution in [3.8, 4) is 0 Å². The molecule has 1 aromatic heterocycles. The van der Waals surface area contributed by atoms with Gasteiger partial charge in [-0.2, -0.15) is 0 Å². The largest absolute Gasteiger partial charge is 0.399 e. The van der Waals surface area contributed by atoms with Crippen LogP contribution in [0.25, 0.3) is 11.0 Å². The number of nitrogen functional groups attached to an aromatic ring is 1. The number of benzene rings is 1. The van der Waals surface area contributed by atoms with E-state index < -0.39 is 0 Å². The van der Waals surface area contributed by atoms with E-state index in [0.717, 1.165) is 49.6 Å². The SMILES string of the molecule is CCCN(CC)CCn1c(CC)nc2cc(N)ccc21. The Morgan fingerprint density at radius 3 is 2.65 bits per heavy atom. The minimum atomic E-state index is 0.783. The molecule has 0 bridgehead atoms. The van der Waals surface area contributed by atoms with Crippen molar-refractivity contribution in [2.45, 2.75) is 40.2 Å². The first-order chi connectivity index (χ1) is 9.69. The molecule has 0 saturated heterocycles. The molecule has 4 heteroatoms. The van der Waals surface area contributed by atoms with Gasteiger partial charge in [0.15, 0.2) is 0 Å². The number of hydrogen-bond donors (Lipinski definition) is 1. The molecule has 1 heterocycles. The highest BCUT2D eigenvalue weighted by molar-refractivity contribution is 5.79. The van der Waals surface area contributed by atoms with Crippen molar-refractivity contribution in [2.24, 2.45) is 0 Å². The second-order valence-corrected chi connectivity index (χ2v) is 5.22. The van der Waals surface area contributed by atoms with Crippen LogP contribution in [0, 0.1) is 0 Å². The number of imidazole rings is 1. The highest BCUT2D eigenvalue weighted by Gasteiger charge is 2.10. The molecule has 0 radical (unpaired) electrons. The summed E-state index contributed by atoms with van der Waals surface area (Å²) in [5.74, 6) is 1.15. The topological polar surface area (TPSA) is 47.1 Å². The molecule has 0 aliphatic rings. The molecule has 2 N–H and O–H groups in total. The fraction of sp³-hybridized carbons (Fsp3) is 0.562. The third-order valence-corrected chi connectivity index (χ3v) is 3.79. The number of aryl methyl sites for hydroxylation is 1. The lowest BCUT2D eigenvalue weighted by molar-refractivity contribution is 0.277. The molecule has 0 atom stereocenters. The van der Waals surface area contributed by atoms with Crippen molar-refractivity contribution < 1.29 is 0 Å². The molecule has 0 saturated carbocycles. The Morgan fingerprint density at radius 2 is 2.00 bits per heavy atom. The lowest BCUT2D eigenvalue weighted by Crippen LogP contribution is -2.28. The van der Waals surface area contributed by atoms with Crippen LogP contribution in [0.2, 0.25) is 0 Å². The molecule has 0 aliphatic carbocycles. The Morgan fingerprint density at radius 1 is 1.20 bits per heavy atom. The number of fused-ring (bicyclic) bond motifs is 1. The summed E-state index contributed by atoms with van der Waals surface area (Å²) in [6.07, 6.45) is 2.16. The highest BCUT2D eigenvalue weighted by Crippen LogP contribution is 2.19. The first-order valence-electron chi connectivity index (χ1n) is 7.66. The summed E-state index contributed by atoms with van der Waals surface area (Å²) < 4.78 is 2.34. The third-order valence-electron chi connectivity index (χ3n) is 3.79. The van der Waals surface area contributed by atoms with Gasteiger partial charge in [0.2, 0.25) is 0 Å². The van der Waals surface area contributed by atoms with Gasteiger partial charge >= 0.3 is 0 Å². The fourth-order valence-electron chi connectivity index (χ4n) is 2.70. The molecule has 0 aliphatic heterocycles. The van der Waals surface area contributed by atoms with E-state index >= 15 is 0 Å². The van der Waals surface area contributed by atoms with E-state index in [0.29, 0.717) is 0 Å². The zero-order valence-electron chi connectivity index (χ0n) is 12.9. The van der Waals surface area contributed by atoms with Crippen molar-refractivity contribution in [3.63, 3.8) is 0 Å². The van der Waals surface area contributed by atoms with Gasteiger partial charge in [0.1, 0.15) is 5.82 Å². The number of nitrogens with two attached hydrogens (primary N) is 1. The molecule has 2 aromatic rings. The van der Waals surface area contributed by atoms with Crippen LogP contribution < -0.4 is 5.73 Å². The Balaban J connectivity index is 2.23. The smallest absolute Gasteiger partial charge is 0.109 e. The number of nitrogens with zero attached hydrogens (tertiary/aromatic N) is 3. The van der Waals surface area contributed by atoms with Crippen LogP contribution in [-0.4, -0.2) is 34.1 Å². The van der Waals surface area contributed by atoms with Gasteiger partial charge in [-0.15, -0.1) is 0 Å². The van der Waals surface area contributed by atoms with E-state index in [9.17, 15) is 0 Å². The lowest BCUT2D eigenvalue weighted by Gasteiger charge is -2.20. The summed E-state index contributed by atoms with van der Waals surface area (Å²) in [5, 5.41) is 0. The number of aromatic nitrogens is 2. The van der Waals surface area contributed by atoms with Crippen LogP contribution in [0.1, 0.15) is 33.0 Å². The van der Waals surface area contributed by atoms with Crippen molar-refractivity contribution in [1.29, 1.82) is 0 Å². The predicted molar refractivity (Wildman–Crippen MR) is 85.9 cm³/mol. The van der Waals surface area contributed by atoms with Crippen LogP contribution in [0.5, 0.6) is 0 Å². The van der Waals surface area contributed by atoms with Gasteiger partial charge in [-0.1, -0.05) is 20.8 Å². The molecular formula is C16H26N4. The molecular weight excluding hydrogens is 248 g/mol. The maximum absolute atomic E-state index is 5.85. The fourth-order valence-corrected chi connectivity index (χ4v) is 2.70. The molecule has 110 valence electrons. The average Bonchev–Trinajstić information content (AvgIpc) is 2.80. The summed E-state index contributed by atoms with van der Waals surface area (Å²) in [4.78, 5) is 7.19. The monoisotopic (exact) mass is 274 g/mol. The van der Waals surface area contributed by atoms with Crippen LogP contribution in [-0.2, 0) is 13.0 Å². The maximum Gasteiger partial charge on any atom is 0.109 e. The minimum absolute atomic E-state index is 0.783. The summed E-state index contributed by atoms with van der Waals surface area (Å²) in [5.41, 5.74) is 8.85. The third kappa shape index (κ3) is 3.12. The second kappa shape index (κ2) is 6.75. The van der Waals surface area contributed by atoms with Gasteiger partial charge in [-0.05, 0) is 37.7 Å². The normalized spacial score (nSPS) is 11.6. The summed E-state index contributed by atoms with van der Waals surface area (Å²) in [7, 11) is 0. The van der Waals surface area contributed by atoms with Crippen molar-refractivity contribution in [1.82, 2.24) is 14.5 Å². The zero-order valence-corrected chi connectivity index (χ0v) is 12.9. The lowest BCUT2D eigenvalue weighted by atomic mass is 10.3. The summed E-state index contributed by atoms with van der Waals surface area (Å²) in [6.45, 7) is 11.0.